The molecule has 0 aliphatic carbocycles. The lowest BCUT2D eigenvalue weighted by molar-refractivity contribution is 0.0526. The zero-order valence-corrected chi connectivity index (χ0v) is 15.0. The van der Waals surface area contributed by atoms with E-state index in [4.69, 9.17) is 9.72 Å². The van der Waals surface area contributed by atoms with Crippen LogP contribution in [0.15, 0.2) is 23.7 Å². The van der Waals surface area contributed by atoms with Gasteiger partial charge in [0, 0.05) is 30.6 Å². The van der Waals surface area contributed by atoms with Crippen LogP contribution < -0.4 is 4.90 Å². The van der Waals surface area contributed by atoms with Crippen molar-refractivity contribution in [1.82, 2.24) is 9.97 Å². The maximum atomic E-state index is 12.2. The molecule has 128 valence electrons. The Labute approximate surface area is 146 Å². The van der Waals surface area contributed by atoms with E-state index in [1.54, 1.807) is 29.7 Å². The van der Waals surface area contributed by atoms with Gasteiger partial charge in [0.1, 0.15) is 11.4 Å². The number of pyridine rings is 1. The number of aryl methyl sites for hydroxylation is 1. The number of rotatable bonds is 5. The van der Waals surface area contributed by atoms with E-state index in [0.29, 0.717) is 18.1 Å². The average Bonchev–Trinajstić information content (AvgIpc) is 3.11. The van der Waals surface area contributed by atoms with Gasteiger partial charge in [-0.3, -0.25) is 0 Å². The Bertz CT molecular complexity index is 701. The van der Waals surface area contributed by atoms with Crippen molar-refractivity contribution >= 4 is 23.1 Å². The topological polar surface area (TPSA) is 55.3 Å². The summed E-state index contributed by atoms with van der Waals surface area (Å²) in [4.78, 5) is 23.6. The summed E-state index contributed by atoms with van der Waals surface area (Å²) in [6.45, 7) is 6.07. The highest BCUT2D eigenvalue weighted by atomic mass is 32.1. The summed E-state index contributed by atoms with van der Waals surface area (Å²) in [5.74, 6) is 0.833. The van der Waals surface area contributed by atoms with Crippen LogP contribution in [0, 0.1) is 0 Å². The van der Waals surface area contributed by atoms with Crippen molar-refractivity contribution in [2.24, 2.45) is 0 Å². The molecule has 1 atom stereocenters. The van der Waals surface area contributed by atoms with Crippen LogP contribution in [0.1, 0.15) is 53.7 Å². The molecule has 6 heteroatoms. The number of piperidine rings is 1. The van der Waals surface area contributed by atoms with Gasteiger partial charge < -0.3 is 9.64 Å². The Morgan fingerprint density at radius 3 is 3.08 bits per heavy atom. The van der Waals surface area contributed by atoms with Crippen LogP contribution in [0.4, 0.5) is 5.82 Å². The van der Waals surface area contributed by atoms with Gasteiger partial charge in [0.25, 0.3) is 0 Å². The molecule has 1 aliphatic heterocycles. The van der Waals surface area contributed by atoms with Gasteiger partial charge in [-0.25, -0.2) is 14.8 Å². The third kappa shape index (κ3) is 3.59. The highest BCUT2D eigenvalue weighted by Crippen LogP contribution is 2.32. The van der Waals surface area contributed by atoms with Crippen LogP contribution in [-0.4, -0.2) is 35.6 Å². The minimum Gasteiger partial charge on any atom is -0.462 e. The molecule has 0 radical (unpaired) electrons. The molecule has 2 aromatic heterocycles. The number of ether oxygens (including phenoxy) is 1. The van der Waals surface area contributed by atoms with Crippen molar-refractivity contribution in [1.29, 1.82) is 0 Å². The van der Waals surface area contributed by atoms with Crippen molar-refractivity contribution in [2.45, 2.75) is 39.0 Å². The van der Waals surface area contributed by atoms with E-state index in [1.807, 2.05) is 6.92 Å². The molecule has 3 heterocycles. The van der Waals surface area contributed by atoms with Gasteiger partial charge in [-0.2, -0.15) is 0 Å². The van der Waals surface area contributed by atoms with Gasteiger partial charge in [0.2, 0.25) is 0 Å². The quantitative estimate of drug-likeness (QED) is 0.774. The summed E-state index contributed by atoms with van der Waals surface area (Å²) in [7, 11) is 0. The maximum absolute atomic E-state index is 12.2. The first-order chi connectivity index (χ1) is 11.7. The predicted octanol–water partition coefficient (Wildman–Crippen LogP) is 3.66. The number of thiazole rings is 1. The zero-order chi connectivity index (χ0) is 16.9. The van der Waals surface area contributed by atoms with Gasteiger partial charge in [0.15, 0.2) is 0 Å². The first kappa shape index (κ1) is 16.9. The molecule has 24 heavy (non-hydrogen) atoms. The van der Waals surface area contributed by atoms with Crippen molar-refractivity contribution < 1.29 is 9.53 Å². The monoisotopic (exact) mass is 345 g/mol. The number of aromatic nitrogens is 2. The second kappa shape index (κ2) is 7.75. The van der Waals surface area contributed by atoms with Crippen LogP contribution in [0.25, 0.3) is 0 Å². The lowest BCUT2D eigenvalue weighted by Crippen LogP contribution is -2.36. The minimum absolute atomic E-state index is 0.301. The molecule has 0 bridgehead atoms. The predicted molar refractivity (Wildman–Crippen MR) is 95.9 cm³/mol. The Morgan fingerprint density at radius 2 is 2.33 bits per heavy atom. The van der Waals surface area contributed by atoms with Gasteiger partial charge in [-0.05, 0) is 38.3 Å². The summed E-state index contributed by atoms with van der Waals surface area (Å²) in [6, 6.07) is 3.58. The normalized spacial score (nSPS) is 17.8. The molecule has 0 N–H and O–H groups in total. The number of hydrogen-bond acceptors (Lipinski definition) is 6. The SMILES string of the molecule is CCOC(=O)c1cccnc1N1CCCC(c2nc(CC)cs2)C1. The van der Waals surface area contributed by atoms with E-state index < -0.39 is 0 Å². The number of nitrogens with zero attached hydrogens (tertiary/aromatic N) is 3. The van der Waals surface area contributed by atoms with E-state index in [-0.39, 0.29) is 5.97 Å². The molecule has 0 spiro atoms. The van der Waals surface area contributed by atoms with E-state index >= 15 is 0 Å². The van der Waals surface area contributed by atoms with Crippen LogP contribution in [-0.2, 0) is 11.2 Å². The molecule has 1 saturated heterocycles. The number of carbonyl (C=O) groups excluding carboxylic acids is 1. The van der Waals surface area contributed by atoms with Gasteiger partial charge in [-0.1, -0.05) is 6.92 Å². The first-order valence-electron chi connectivity index (χ1n) is 8.54. The third-order valence-corrected chi connectivity index (χ3v) is 5.34. The molecular weight excluding hydrogens is 322 g/mol. The summed E-state index contributed by atoms with van der Waals surface area (Å²) in [6.07, 6.45) is 4.92. The number of esters is 1. The van der Waals surface area contributed by atoms with E-state index in [1.165, 1.54) is 5.01 Å². The fourth-order valence-electron chi connectivity index (χ4n) is 3.06. The van der Waals surface area contributed by atoms with Gasteiger partial charge in [-0.15, -0.1) is 11.3 Å². The third-order valence-electron chi connectivity index (χ3n) is 4.28. The minimum atomic E-state index is -0.301. The van der Waals surface area contributed by atoms with Crippen LogP contribution >= 0.6 is 11.3 Å². The number of anilines is 1. The molecule has 2 aromatic rings. The van der Waals surface area contributed by atoms with E-state index in [0.717, 1.165) is 43.9 Å². The standard InChI is InChI=1S/C18H23N3O2S/c1-3-14-12-24-17(20-14)13-7-6-10-21(11-13)16-15(8-5-9-19-16)18(22)23-4-2/h5,8-9,12-13H,3-4,6-7,10-11H2,1-2H3. The molecular formula is C18H23N3O2S. The Morgan fingerprint density at radius 1 is 1.46 bits per heavy atom. The van der Waals surface area contributed by atoms with Crippen LogP contribution in [0.3, 0.4) is 0 Å². The summed E-state index contributed by atoms with van der Waals surface area (Å²) in [5.41, 5.74) is 1.71. The van der Waals surface area contributed by atoms with E-state index in [9.17, 15) is 4.79 Å². The van der Waals surface area contributed by atoms with Gasteiger partial charge in [0.05, 0.1) is 17.3 Å². The van der Waals surface area contributed by atoms with Crippen molar-refractivity contribution in [3.63, 3.8) is 0 Å². The molecule has 3 rings (SSSR count). The summed E-state index contributed by atoms with van der Waals surface area (Å²) < 4.78 is 5.17. The number of hydrogen-bond donors (Lipinski definition) is 0. The lowest BCUT2D eigenvalue weighted by Gasteiger charge is -2.33. The lowest BCUT2D eigenvalue weighted by atomic mass is 9.98. The summed E-state index contributed by atoms with van der Waals surface area (Å²) >= 11 is 1.75. The molecule has 1 unspecified atom stereocenters. The first-order valence-corrected chi connectivity index (χ1v) is 9.42. The highest BCUT2D eigenvalue weighted by Gasteiger charge is 2.27. The Balaban J connectivity index is 1.81. The Hall–Kier alpha value is -1.95. The van der Waals surface area contributed by atoms with Crippen molar-refractivity contribution in [3.8, 4) is 0 Å². The van der Waals surface area contributed by atoms with Crippen LogP contribution in [0.2, 0.25) is 0 Å². The average molecular weight is 345 g/mol. The highest BCUT2D eigenvalue weighted by molar-refractivity contribution is 7.09. The van der Waals surface area contributed by atoms with Crippen molar-refractivity contribution in [3.05, 3.63) is 40.0 Å². The fourth-order valence-corrected chi connectivity index (χ4v) is 4.09. The largest absolute Gasteiger partial charge is 0.462 e. The summed E-state index contributed by atoms with van der Waals surface area (Å²) in [5, 5.41) is 3.35. The maximum Gasteiger partial charge on any atom is 0.341 e. The smallest absolute Gasteiger partial charge is 0.341 e. The number of carbonyl (C=O) groups is 1. The van der Waals surface area contributed by atoms with Crippen molar-refractivity contribution in [2.75, 3.05) is 24.6 Å². The molecule has 1 fully saturated rings. The molecule has 1 aliphatic rings. The van der Waals surface area contributed by atoms with Crippen LogP contribution in [0.5, 0.6) is 0 Å². The van der Waals surface area contributed by atoms with Gasteiger partial charge >= 0.3 is 5.97 Å². The molecule has 0 aromatic carbocycles. The van der Waals surface area contributed by atoms with E-state index in [2.05, 4.69) is 22.2 Å². The second-order valence-corrected chi connectivity index (χ2v) is 6.80. The second-order valence-electron chi connectivity index (χ2n) is 5.91. The Kier molecular flexibility index (Phi) is 5.45. The molecule has 5 nitrogen and oxygen atoms in total. The molecule has 0 amide bonds. The molecule has 0 saturated carbocycles. The fraction of sp³-hybridized carbons (Fsp3) is 0.500. The zero-order valence-electron chi connectivity index (χ0n) is 14.2.